The van der Waals surface area contributed by atoms with Crippen LogP contribution in [-0.2, 0) is 6.54 Å². The molecular formula is C21H20ClN3O4. The fourth-order valence-corrected chi connectivity index (χ4v) is 4.22. The van der Waals surface area contributed by atoms with Crippen LogP contribution in [0.4, 0.5) is 0 Å². The van der Waals surface area contributed by atoms with Gasteiger partial charge in [0.15, 0.2) is 5.78 Å². The lowest BCUT2D eigenvalue weighted by molar-refractivity contribution is 0.0972. The maximum absolute atomic E-state index is 13.3. The van der Waals surface area contributed by atoms with Crippen molar-refractivity contribution in [2.24, 2.45) is 0 Å². The van der Waals surface area contributed by atoms with Crippen LogP contribution >= 0.6 is 12.4 Å². The van der Waals surface area contributed by atoms with Gasteiger partial charge < -0.3 is 25.8 Å². The SMILES string of the molecule is Cl.O=C1c2[nH]cc(CN[C@H]3CCNC3)c2C(=O)c2c1c(O)c1ccccc1c2O. The molecule has 1 saturated heterocycles. The summed E-state index contributed by atoms with van der Waals surface area (Å²) >= 11 is 0. The van der Waals surface area contributed by atoms with E-state index in [0.717, 1.165) is 19.5 Å². The van der Waals surface area contributed by atoms with Gasteiger partial charge in [0.1, 0.15) is 11.5 Å². The van der Waals surface area contributed by atoms with E-state index < -0.39 is 11.6 Å². The van der Waals surface area contributed by atoms with Crippen LogP contribution in [0.5, 0.6) is 11.5 Å². The van der Waals surface area contributed by atoms with Crippen LogP contribution in [0.3, 0.4) is 0 Å². The lowest BCUT2D eigenvalue weighted by atomic mass is 9.83. The molecule has 0 spiro atoms. The van der Waals surface area contributed by atoms with Crippen molar-refractivity contribution in [2.45, 2.75) is 19.0 Å². The number of phenolic OH excluding ortho intramolecular Hbond substituents is 2. The molecule has 1 fully saturated rings. The molecule has 0 bridgehead atoms. The van der Waals surface area contributed by atoms with Crippen molar-refractivity contribution in [3.8, 4) is 11.5 Å². The van der Waals surface area contributed by atoms with Gasteiger partial charge in [-0.2, -0.15) is 0 Å². The van der Waals surface area contributed by atoms with Gasteiger partial charge in [-0.05, 0) is 18.5 Å². The van der Waals surface area contributed by atoms with Gasteiger partial charge in [0.25, 0.3) is 0 Å². The van der Waals surface area contributed by atoms with E-state index in [1.165, 1.54) is 0 Å². The summed E-state index contributed by atoms with van der Waals surface area (Å²) in [6.07, 6.45) is 2.65. The average Bonchev–Trinajstić information content (AvgIpc) is 3.37. The summed E-state index contributed by atoms with van der Waals surface area (Å²) in [6.45, 7) is 2.25. The van der Waals surface area contributed by atoms with Gasteiger partial charge in [-0.3, -0.25) is 9.59 Å². The van der Waals surface area contributed by atoms with Gasteiger partial charge >= 0.3 is 0 Å². The highest BCUT2D eigenvalue weighted by Crippen LogP contribution is 2.44. The fraction of sp³-hybridized carbons (Fsp3) is 0.238. The Morgan fingerprint density at radius 2 is 1.66 bits per heavy atom. The Labute approximate surface area is 172 Å². The van der Waals surface area contributed by atoms with Gasteiger partial charge in [0, 0.05) is 36.1 Å². The van der Waals surface area contributed by atoms with E-state index >= 15 is 0 Å². The van der Waals surface area contributed by atoms with Crippen LogP contribution < -0.4 is 10.6 Å². The molecule has 0 saturated carbocycles. The zero-order chi connectivity index (χ0) is 19.4. The molecule has 0 amide bonds. The molecule has 7 nitrogen and oxygen atoms in total. The number of nitrogens with one attached hydrogen (secondary N) is 3. The molecule has 8 heteroatoms. The summed E-state index contributed by atoms with van der Waals surface area (Å²) in [7, 11) is 0. The molecule has 5 rings (SSSR count). The van der Waals surface area contributed by atoms with E-state index in [0.29, 0.717) is 28.9 Å². The summed E-state index contributed by atoms with van der Waals surface area (Å²) in [5.74, 6) is -1.49. The summed E-state index contributed by atoms with van der Waals surface area (Å²) in [4.78, 5) is 29.2. The Bertz CT molecular complexity index is 1150. The lowest BCUT2D eigenvalue weighted by Crippen LogP contribution is -2.31. The minimum atomic E-state index is -0.489. The molecule has 1 aliphatic heterocycles. The number of fused-ring (bicyclic) bond motifs is 3. The molecular weight excluding hydrogens is 394 g/mol. The summed E-state index contributed by atoms with van der Waals surface area (Å²) < 4.78 is 0. The third kappa shape index (κ3) is 2.81. The van der Waals surface area contributed by atoms with Gasteiger partial charge in [-0.1, -0.05) is 24.3 Å². The Hall–Kier alpha value is -2.87. The molecule has 29 heavy (non-hydrogen) atoms. The number of rotatable bonds is 3. The second kappa shape index (κ2) is 7.18. The molecule has 2 aromatic carbocycles. The average molecular weight is 414 g/mol. The van der Waals surface area contributed by atoms with E-state index in [9.17, 15) is 19.8 Å². The highest BCUT2D eigenvalue weighted by atomic mass is 35.5. The van der Waals surface area contributed by atoms with Crippen LogP contribution in [0.2, 0.25) is 0 Å². The molecule has 1 aliphatic carbocycles. The van der Waals surface area contributed by atoms with Gasteiger partial charge in [0.05, 0.1) is 22.4 Å². The third-order valence-electron chi connectivity index (χ3n) is 5.67. The van der Waals surface area contributed by atoms with E-state index in [2.05, 4.69) is 15.6 Å². The zero-order valence-corrected chi connectivity index (χ0v) is 16.2. The van der Waals surface area contributed by atoms with Crippen molar-refractivity contribution in [3.63, 3.8) is 0 Å². The second-order valence-corrected chi connectivity index (χ2v) is 7.29. The van der Waals surface area contributed by atoms with Crippen LogP contribution in [0, 0.1) is 0 Å². The van der Waals surface area contributed by atoms with Crippen molar-refractivity contribution < 1.29 is 19.8 Å². The highest BCUT2D eigenvalue weighted by molar-refractivity contribution is 6.32. The first-order chi connectivity index (χ1) is 13.6. The number of H-pyrrole nitrogens is 1. The zero-order valence-electron chi connectivity index (χ0n) is 15.4. The van der Waals surface area contributed by atoms with Crippen molar-refractivity contribution in [3.05, 3.63) is 58.4 Å². The monoisotopic (exact) mass is 413 g/mol. The van der Waals surface area contributed by atoms with E-state index in [1.54, 1.807) is 30.5 Å². The van der Waals surface area contributed by atoms with Crippen molar-refractivity contribution in [2.75, 3.05) is 13.1 Å². The smallest absolute Gasteiger partial charge is 0.214 e. The Morgan fingerprint density at radius 1 is 1.00 bits per heavy atom. The Morgan fingerprint density at radius 3 is 2.28 bits per heavy atom. The Balaban J connectivity index is 0.00000205. The van der Waals surface area contributed by atoms with Crippen molar-refractivity contribution in [1.29, 1.82) is 0 Å². The van der Waals surface area contributed by atoms with E-state index in [1.807, 2.05) is 0 Å². The largest absolute Gasteiger partial charge is 0.506 e. The number of carbonyl (C=O) groups excluding carboxylic acids is 2. The van der Waals surface area contributed by atoms with E-state index in [4.69, 9.17) is 0 Å². The first kappa shape index (κ1) is 19.4. The molecule has 1 atom stereocenters. The predicted octanol–water partition coefficient (Wildman–Crippen LogP) is 2.23. The van der Waals surface area contributed by atoms with Crippen LogP contribution in [0.25, 0.3) is 10.8 Å². The van der Waals surface area contributed by atoms with Crippen molar-refractivity contribution in [1.82, 2.24) is 15.6 Å². The number of benzene rings is 2. The maximum atomic E-state index is 13.3. The van der Waals surface area contributed by atoms with Crippen molar-refractivity contribution >= 4 is 34.7 Å². The Kier molecular flexibility index (Phi) is 4.82. The molecule has 3 aromatic rings. The van der Waals surface area contributed by atoms with Gasteiger partial charge in [0.2, 0.25) is 5.78 Å². The van der Waals surface area contributed by atoms with Gasteiger partial charge in [-0.15, -0.1) is 12.4 Å². The number of carbonyl (C=O) groups is 2. The molecule has 5 N–H and O–H groups in total. The normalized spacial score (nSPS) is 17.9. The number of aromatic nitrogens is 1. The minimum Gasteiger partial charge on any atom is -0.506 e. The first-order valence-corrected chi connectivity index (χ1v) is 9.28. The van der Waals surface area contributed by atoms with E-state index in [-0.39, 0.29) is 46.3 Å². The summed E-state index contributed by atoms with van der Waals surface area (Å²) in [5, 5.41) is 28.8. The predicted molar refractivity (Wildman–Crippen MR) is 110 cm³/mol. The molecule has 2 heterocycles. The second-order valence-electron chi connectivity index (χ2n) is 7.29. The number of hydrogen-bond acceptors (Lipinski definition) is 6. The van der Waals surface area contributed by atoms with Crippen LogP contribution in [-0.4, -0.2) is 45.9 Å². The quantitative estimate of drug-likeness (QED) is 0.329. The fourth-order valence-electron chi connectivity index (χ4n) is 4.22. The number of phenols is 2. The molecule has 150 valence electrons. The maximum Gasteiger partial charge on any atom is 0.214 e. The topological polar surface area (TPSA) is 114 Å². The summed E-state index contributed by atoms with van der Waals surface area (Å²) in [6, 6.07) is 6.94. The number of aromatic amines is 1. The number of aromatic hydroxyl groups is 2. The lowest BCUT2D eigenvalue weighted by Gasteiger charge is -2.20. The number of halogens is 1. The summed E-state index contributed by atoms with van der Waals surface area (Å²) in [5.41, 5.74) is 0.829. The highest BCUT2D eigenvalue weighted by Gasteiger charge is 2.38. The first-order valence-electron chi connectivity index (χ1n) is 9.28. The third-order valence-corrected chi connectivity index (χ3v) is 5.67. The molecule has 0 unspecified atom stereocenters. The molecule has 0 radical (unpaired) electrons. The number of ketones is 2. The van der Waals surface area contributed by atoms with Crippen LogP contribution in [0.1, 0.15) is 44.0 Å². The van der Waals surface area contributed by atoms with Gasteiger partial charge in [-0.25, -0.2) is 0 Å². The molecule has 2 aliphatic rings. The molecule has 1 aromatic heterocycles. The standard InChI is InChI=1S/C21H19N3O4.ClH/c25-18-12-3-1-2-4-13(12)19(26)16-15(18)20(27)14-10(8-24-17(14)21(16)28)7-23-11-5-6-22-9-11;/h1-4,8,11,22-26H,5-7,9H2;1H/t11-;/m0./s1. The van der Waals surface area contributed by atoms with Crippen LogP contribution in [0.15, 0.2) is 30.5 Å². The minimum absolute atomic E-state index is 0. The number of hydrogen-bond donors (Lipinski definition) is 5.